The van der Waals surface area contributed by atoms with Gasteiger partial charge < -0.3 is 10.0 Å². The van der Waals surface area contributed by atoms with E-state index in [4.69, 9.17) is 5.11 Å². The number of carboxylic acid groups (broad SMARTS) is 1. The number of unbranched alkanes of at least 4 members (excludes halogenated alkanes) is 1. The van der Waals surface area contributed by atoms with Gasteiger partial charge in [-0.25, -0.2) is 9.78 Å². The first-order chi connectivity index (χ1) is 10.6. The molecule has 1 heterocycles. The second-order valence-corrected chi connectivity index (χ2v) is 6.41. The van der Waals surface area contributed by atoms with Gasteiger partial charge >= 0.3 is 5.97 Å². The van der Waals surface area contributed by atoms with Crippen LogP contribution < -0.4 is 0 Å². The molecule has 5 heteroatoms. The largest absolute Gasteiger partial charge is 0.476 e. The van der Waals surface area contributed by atoms with Crippen LogP contribution in [0.3, 0.4) is 0 Å². The van der Waals surface area contributed by atoms with Crippen molar-refractivity contribution in [1.82, 2.24) is 9.88 Å². The maximum atomic E-state index is 10.9. The standard InChI is InChI=1S/C17H22N2O2S/c1-3-4-9-19(2)11-14-8-6-5-7-13(14)10-16-18-15(12-22-16)17(20)21/h5-8,12H,3-4,9-11H2,1-2H3,(H,20,21). The lowest BCUT2D eigenvalue weighted by Crippen LogP contribution is -2.19. The minimum absolute atomic E-state index is 0.137. The monoisotopic (exact) mass is 318 g/mol. The topological polar surface area (TPSA) is 53.4 Å². The highest BCUT2D eigenvalue weighted by molar-refractivity contribution is 7.09. The molecule has 0 unspecified atom stereocenters. The molecule has 22 heavy (non-hydrogen) atoms. The molecule has 1 aromatic carbocycles. The molecular weight excluding hydrogens is 296 g/mol. The average molecular weight is 318 g/mol. The van der Waals surface area contributed by atoms with Gasteiger partial charge in [-0.3, -0.25) is 0 Å². The number of rotatable bonds is 8. The van der Waals surface area contributed by atoms with E-state index in [1.54, 1.807) is 5.38 Å². The first kappa shape index (κ1) is 16.6. The second kappa shape index (κ2) is 8.06. The van der Waals surface area contributed by atoms with Gasteiger partial charge in [-0.1, -0.05) is 37.6 Å². The first-order valence-electron chi connectivity index (χ1n) is 7.53. The highest BCUT2D eigenvalue weighted by atomic mass is 32.1. The van der Waals surface area contributed by atoms with Crippen LogP contribution in [0, 0.1) is 0 Å². The maximum Gasteiger partial charge on any atom is 0.355 e. The molecule has 0 atom stereocenters. The maximum absolute atomic E-state index is 10.9. The molecule has 0 aliphatic heterocycles. The third kappa shape index (κ3) is 4.64. The van der Waals surface area contributed by atoms with Crippen molar-refractivity contribution in [3.63, 3.8) is 0 Å². The molecule has 0 aliphatic rings. The Bertz CT molecular complexity index is 625. The fourth-order valence-corrected chi connectivity index (χ4v) is 3.13. The van der Waals surface area contributed by atoms with Gasteiger partial charge in [-0.15, -0.1) is 11.3 Å². The van der Waals surface area contributed by atoms with Gasteiger partial charge in [0.25, 0.3) is 0 Å². The summed E-state index contributed by atoms with van der Waals surface area (Å²) in [5, 5.41) is 11.4. The molecule has 0 saturated heterocycles. The van der Waals surface area contributed by atoms with Crippen molar-refractivity contribution in [2.45, 2.75) is 32.7 Å². The normalized spacial score (nSPS) is 11.0. The third-order valence-electron chi connectivity index (χ3n) is 3.56. The van der Waals surface area contributed by atoms with Crippen LogP contribution >= 0.6 is 11.3 Å². The summed E-state index contributed by atoms with van der Waals surface area (Å²) in [4.78, 5) is 17.4. The van der Waals surface area contributed by atoms with Gasteiger partial charge in [0.05, 0.1) is 5.01 Å². The Balaban J connectivity index is 2.08. The highest BCUT2D eigenvalue weighted by Crippen LogP contribution is 2.19. The van der Waals surface area contributed by atoms with E-state index in [-0.39, 0.29) is 5.69 Å². The van der Waals surface area contributed by atoms with Crippen molar-refractivity contribution in [2.75, 3.05) is 13.6 Å². The molecule has 2 aromatic rings. The van der Waals surface area contributed by atoms with Gasteiger partial charge in [0.15, 0.2) is 5.69 Å². The average Bonchev–Trinajstić information content (AvgIpc) is 2.96. The van der Waals surface area contributed by atoms with E-state index >= 15 is 0 Å². The molecule has 0 radical (unpaired) electrons. The Morgan fingerprint density at radius 1 is 1.32 bits per heavy atom. The summed E-state index contributed by atoms with van der Waals surface area (Å²) < 4.78 is 0. The summed E-state index contributed by atoms with van der Waals surface area (Å²) in [7, 11) is 2.14. The van der Waals surface area contributed by atoms with Crippen LogP contribution in [0.5, 0.6) is 0 Å². The quantitative estimate of drug-likeness (QED) is 0.807. The lowest BCUT2D eigenvalue weighted by molar-refractivity contribution is 0.0691. The second-order valence-electron chi connectivity index (χ2n) is 5.47. The fraction of sp³-hybridized carbons (Fsp3) is 0.412. The molecule has 0 amide bonds. The predicted octanol–water partition coefficient (Wildman–Crippen LogP) is 3.66. The van der Waals surface area contributed by atoms with Gasteiger partial charge in [0.1, 0.15) is 0 Å². The Kier molecular flexibility index (Phi) is 6.10. The number of hydrogen-bond donors (Lipinski definition) is 1. The molecule has 4 nitrogen and oxygen atoms in total. The number of thiazole rings is 1. The van der Waals surface area contributed by atoms with E-state index in [0.717, 1.165) is 18.1 Å². The zero-order valence-corrected chi connectivity index (χ0v) is 13.9. The van der Waals surface area contributed by atoms with Crippen molar-refractivity contribution < 1.29 is 9.90 Å². The van der Waals surface area contributed by atoms with Gasteiger partial charge in [0, 0.05) is 18.3 Å². The number of nitrogens with zero attached hydrogens (tertiary/aromatic N) is 2. The molecule has 0 bridgehead atoms. The van der Waals surface area contributed by atoms with Crippen LogP contribution in [0.2, 0.25) is 0 Å². The lowest BCUT2D eigenvalue weighted by Gasteiger charge is -2.18. The molecule has 0 saturated carbocycles. The summed E-state index contributed by atoms with van der Waals surface area (Å²) in [6.45, 7) is 4.20. The zero-order chi connectivity index (χ0) is 15.9. The van der Waals surface area contributed by atoms with Crippen LogP contribution in [-0.4, -0.2) is 34.6 Å². The number of carbonyl (C=O) groups is 1. The third-order valence-corrected chi connectivity index (χ3v) is 4.41. The molecule has 1 N–H and O–H groups in total. The Labute approximate surface area is 135 Å². The molecule has 118 valence electrons. The van der Waals surface area contributed by atoms with E-state index in [1.807, 2.05) is 6.07 Å². The van der Waals surface area contributed by atoms with Crippen LogP contribution in [0.1, 0.15) is 46.4 Å². The number of aromatic nitrogens is 1. The Morgan fingerprint density at radius 2 is 2.05 bits per heavy atom. The summed E-state index contributed by atoms with van der Waals surface area (Å²) in [5.74, 6) is -0.963. The smallest absolute Gasteiger partial charge is 0.355 e. The summed E-state index contributed by atoms with van der Waals surface area (Å²) >= 11 is 1.41. The van der Waals surface area contributed by atoms with E-state index in [9.17, 15) is 4.79 Å². The minimum Gasteiger partial charge on any atom is -0.476 e. The van der Waals surface area contributed by atoms with E-state index in [0.29, 0.717) is 6.42 Å². The molecule has 0 fully saturated rings. The number of benzene rings is 1. The fourth-order valence-electron chi connectivity index (χ4n) is 2.34. The predicted molar refractivity (Wildman–Crippen MR) is 89.6 cm³/mol. The van der Waals surface area contributed by atoms with Gasteiger partial charge in [0.2, 0.25) is 0 Å². The number of aromatic carboxylic acids is 1. The lowest BCUT2D eigenvalue weighted by atomic mass is 10.0. The molecule has 2 rings (SSSR count). The number of carboxylic acids is 1. The summed E-state index contributed by atoms with van der Waals surface area (Å²) in [6.07, 6.45) is 3.09. The SMILES string of the molecule is CCCCN(C)Cc1ccccc1Cc1nc(C(=O)O)cs1. The zero-order valence-electron chi connectivity index (χ0n) is 13.1. The Hall–Kier alpha value is -1.72. The van der Waals surface area contributed by atoms with Crippen molar-refractivity contribution in [1.29, 1.82) is 0 Å². The van der Waals surface area contributed by atoms with Gasteiger partial charge in [-0.2, -0.15) is 0 Å². The van der Waals surface area contributed by atoms with Crippen LogP contribution in [0.25, 0.3) is 0 Å². The first-order valence-corrected chi connectivity index (χ1v) is 8.41. The van der Waals surface area contributed by atoms with Crippen molar-refractivity contribution in [3.05, 3.63) is 51.5 Å². The molecule has 1 aromatic heterocycles. The molecular formula is C17H22N2O2S. The molecule has 0 aliphatic carbocycles. The van der Waals surface area contributed by atoms with E-state index < -0.39 is 5.97 Å². The van der Waals surface area contributed by atoms with Crippen molar-refractivity contribution in [2.24, 2.45) is 0 Å². The molecule has 0 spiro atoms. The highest BCUT2D eigenvalue weighted by Gasteiger charge is 2.11. The summed E-state index contributed by atoms with van der Waals surface area (Å²) in [6, 6.07) is 8.32. The van der Waals surface area contributed by atoms with Crippen LogP contribution in [0.4, 0.5) is 0 Å². The van der Waals surface area contributed by atoms with Crippen molar-refractivity contribution in [3.8, 4) is 0 Å². The number of hydrogen-bond acceptors (Lipinski definition) is 4. The van der Waals surface area contributed by atoms with Crippen LogP contribution in [0.15, 0.2) is 29.6 Å². The van der Waals surface area contributed by atoms with Gasteiger partial charge in [-0.05, 0) is 31.1 Å². The Morgan fingerprint density at radius 3 is 2.68 bits per heavy atom. The minimum atomic E-state index is -0.963. The van der Waals surface area contributed by atoms with Crippen molar-refractivity contribution >= 4 is 17.3 Å². The van der Waals surface area contributed by atoms with E-state index in [1.165, 1.54) is 35.3 Å². The van der Waals surface area contributed by atoms with Crippen LogP contribution in [-0.2, 0) is 13.0 Å². The summed E-state index contributed by atoms with van der Waals surface area (Å²) in [5.41, 5.74) is 2.64. The van der Waals surface area contributed by atoms with E-state index in [2.05, 4.69) is 42.1 Å².